The molecule has 1 rings (SSSR count). The molecule has 2 nitrogen and oxygen atoms in total. The van der Waals surface area contributed by atoms with Crippen molar-refractivity contribution in [3.63, 3.8) is 0 Å². The first-order valence-corrected chi connectivity index (χ1v) is 9.36. The molecule has 0 radical (unpaired) electrons. The lowest BCUT2D eigenvalue weighted by Crippen LogP contribution is -2.30. The summed E-state index contributed by atoms with van der Waals surface area (Å²) < 4.78 is 11.5. The van der Waals surface area contributed by atoms with Gasteiger partial charge in [-0.2, -0.15) is 0 Å². The molecule has 0 aliphatic rings. The average molecular weight is 321 g/mol. The summed E-state index contributed by atoms with van der Waals surface area (Å²) in [6.07, 6.45) is 12.9. The molecule has 0 fully saturated rings. The van der Waals surface area contributed by atoms with E-state index in [1.165, 1.54) is 56.9 Å². The van der Waals surface area contributed by atoms with Crippen LogP contribution in [0.15, 0.2) is 24.3 Å². The zero-order valence-corrected chi connectivity index (χ0v) is 15.7. The van der Waals surface area contributed by atoms with Crippen molar-refractivity contribution in [3.05, 3.63) is 35.4 Å². The molecule has 0 atom stereocenters. The molecule has 0 heterocycles. The van der Waals surface area contributed by atoms with Crippen molar-refractivity contribution in [2.24, 2.45) is 0 Å². The van der Waals surface area contributed by atoms with Crippen molar-refractivity contribution in [1.82, 2.24) is 0 Å². The fourth-order valence-electron chi connectivity index (χ4n) is 3.14. The molecule has 132 valence electrons. The van der Waals surface area contributed by atoms with Crippen LogP contribution in [-0.4, -0.2) is 14.2 Å². The minimum Gasteiger partial charge on any atom is -0.349 e. The number of benzene rings is 1. The lowest BCUT2D eigenvalue weighted by Gasteiger charge is -2.31. The summed E-state index contributed by atoms with van der Waals surface area (Å²) in [6, 6.07) is 8.49. The Morgan fingerprint density at radius 3 is 1.70 bits per heavy atom. The normalized spacial score (nSPS) is 11.8. The van der Waals surface area contributed by atoms with Crippen molar-refractivity contribution in [2.75, 3.05) is 14.2 Å². The third-order valence-corrected chi connectivity index (χ3v) is 4.76. The number of ether oxygens (including phenoxy) is 2. The van der Waals surface area contributed by atoms with E-state index >= 15 is 0 Å². The molecule has 2 heteroatoms. The molecule has 0 spiro atoms. The van der Waals surface area contributed by atoms with E-state index < -0.39 is 5.79 Å². The van der Waals surface area contributed by atoms with Gasteiger partial charge >= 0.3 is 0 Å². The third kappa shape index (κ3) is 7.05. The summed E-state index contributed by atoms with van der Waals surface area (Å²) in [7, 11) is 3.49. The van der Waals surface area contributed by atoms with Crippen molar-refractivity contribution in [2.45, 2.75) is 83.8 Å². The van der Waals surface area contributed by atoms with Gasteiger partial charge in [-0.15, -0.1) is 0 Å². The monoisotopic (exact) mass is 320 g/mol. The smallest absolute Gasteiger partial charge is 0.194 e. The summed E-state index contributed by atoms with van der Waals surface area (Å²) in [4.78, 5) is 0. The van der Waals surface area contributed by atoms with Gasteiger partial charge in [0, 0.05) is 26.2 Å². The maximum Gasteiger partial charge on any atom is 0.194 e. The van der Waals surface area contributed by atoms with E-state index in [1.54, 1.807) is 14.2 Å². The van der Waals surface area contributed by atoms with E-state index in [4.69, 9.17) is 9.47 Å². The standard InChI is InChI=1S/C21H36O2/c1-5-6-7-8-9-10-11-12-13-18-21(22-3,23-4)20-16-14-19(2)15-17-20/h14-17H,5-13,18H2,1-4H3. The molecule has 0 saturated heterocycles. The topological polar surface area (TPSA) is 18.5 Å². The quantitative estimate of drug-likeness (QED) is 0.311. The minimum absolute atomic E-state index is 0.588. The van der Waals surface area contributed by atoms with Crippen molar-refractivity contribution in [1.29, 1.82) is 0 Å². The van der Waals surface area contributed by atoms with E-state index in [1.807, 2.05) is 0 Å². The van der Waals surface area contributed by atoms with Crippen molar-refractivity contribution >= 4 is 0 Å². The number of unbranched alkanes of at least 4 members (excludes halogenated alkanes) is 8. The fourth-order valence-corrected chi connectivity index (χ4v) is 3.14. The van der Waals surface area contributed by atoms with Crippen LogP contribution in [0, 0.1) is 6.92 Å². The summed E-state index contributed by atoms with van der Waals surface area (Å²) >= 11 is 0. The second-order valence-electron chi connectivity index (χ2n) is 6.61. The Kier molecular flexibility index (Phi) is 10.2. The third-order valence-electron chi connectivity index (χ3n) is 4.76. The lowest BCUT2D eigenvalue weighted by atomic mass is 9.97. The predicted molar refractivity (Wildman–Crippen MR) is 98.7 cm³/mol. The Morgan fingerprint density at radius 1 is 0.739 bits per heavy atom. The highest BCUT2D eigenvalue weighted by Gasteiger charge is 2.31. The molecular formula is C21H36O2. The molecule has 0 aliphatic carbocycles. The van der Waals surface area contributed by atoms with Gasteiger partial charge in [-0.3, -0.25) is 0 Å². The molecule has 1 aromatic rings. The first-order valence-electron chi connectivity index (χ1n) is 9.36. The molecule has 0 unspecified atom stereocenters. The Bertz CT molecular complexity index is 393. The van der Waals surface area contributed by atoms with Gasteiger partial charge in [0.05, 0.1) is 0 Å². The summed E-state index contributed by atoms with van der Waals surface area (Å²) in [5.41, 5.74) is 2.38. The fraction of sp³-hybridized carbons (Fsp3) is 0.714. The molecule has 0 saturated carbocycles. The van der Waals surface area contributed by atoms with Crippen LogP contribution < -0.4 is 0 Å². The molecule has 0 amide bonds. The summed E-state index contributed by atoms with van der Waals surface area (Å²) in [5, 5.41) is 0. The number of rotatable bonds is 13. The van der Waals surface area contributed by atoms with E-state index in [0.29, 0.717) is 0 Å². The Hall–Kier alpha value is -0.860. The van der Waals surface area contributed by atoms with E-state index in [-0.39, 0.29) is 0 Å². The van der Waals surface area contributed by atoms with Crippen molar-refractivity contribution in [3.8, 4) is 0 Å². The highest BCUT2D eigenvalue weighted by molar-refractivity contribution is 5.25. The van der Waals surface area contributed by atoms with Gasteiger partial charge in [0.25, 0.3) is 0 Å². The van der Waals surface area contributed by atoms with Crippen LogP contribution in [0.5, 0.6) is 0 Å². The highest BCUT2D eigenvalue weighted by Crippen LogP contribution is 2.32. The number of aryl methyl sites for hydroxylation is 1. The van der Waals surface area contributed by atoms with Gasteiger partial charge in [0.15, 0.2) is 5.79 Å². The zero-order valence-electron chi connectivity index (χ0n) is 15.7. The maximum atomic E-state index is 5.76. The lowest BCUT2D eigenvalue weighted by molar-refractivity contribution is -0.221. The van der Waals surface area contributed by atoms with Crippen molar-refractivity contribution < 1.29 is 9.47 Å². The minimum atomic E-state index is -0.588. The summed E-state index contributed by atoms with van der Waals surface area (Å²) in [6.45, 7) is 4.37. The molecule has 0 aliphatic heterocycles. The van der Waals surface area contributed by atoms with Crippen LogP contribution in [0.25, 0.3) is 0 Å². The van der Waals surface area contributed by atoms with Crippen LogP contribution in [0.1, 0.15) is 82.3 Å². The van der Waals surface area contributed by atoms with E-state index in [2.05, 4.69) is 38.1 Å². The van der Waals surface area contributed by atoms with Gasteiger partial charge in [0.2, 0.25) is 0 Å². The Labute approximate surface area is 143 Å². The Balaban J connectivity index is 2.32. The van der Waals surface area contributed by atoms with Gasteiger partial charge in [-0.25, -0.2) is 0 Å². The van der Waals surface area contributed by atoms with Gasteiger partial charge in [-0.05, 0) is 13.3 Å². The van der Waals surface area contributed by atoms with Crippen LogP contribution in [0.4, 0.5) is 0 Å². The van der Waals surface area contributed by atoms with Gasteiger partial charge in [-0.1, -0.05) is 88.1 Å². The number of hydrogen-bond acceptors (Lipinski definition) is 2. The van der Waals surface area contributed by atoms with E-state index in [0.717, 1.165) is 18.4 Å². The molecule has 23 heavy (non-hydrogen) atoms. The molecule has 0 bridgehead atoms. The van der Waals surface area contributed by atoms with Crippen LogP contribution >= 0.6 is 0 Å². The van der Waals surface area contributed by atoms with E-state index in [9.17, 15) is 0 Å². The largest absolute Gasteiger partial charge is 0.349 e. The maximum absolute atomic E-state index is 5.76. The molecule has 0 aromatic heterocycles. The van der Waals surface area contributed by atoms with Gasteiger partial charge < -0.3 is 9.47 Å². The molecule has 1 aromatic carbocycles. The SMILES string of the molecule is CCCCCCCCCCCC(OC)(OC)c1ccc(C)cc1. The van der Waals surface area contributed by atoms with Crippen LogP contribution in [-0.2, 0) is 15.3 Å². The first-order chi connectivity index (χ1) is 11.2. The number of hydrogen-bond donors (Lipinski definition) is 0. The first kappa shape index (κ1) is 20.2. The zero-order chi connectivity index (χ0) is 17.0. The second-order valence-corrected chi connectivity index (χ2v) is 6.61. The number of methoxy groups -OCH3 is 2. The van der Waals surface area contributed by atoms with Gasteiger partial charge in [0.1, 0.15) is 0 Å². The van der Waals surface area contributed by atoms with Crippen LogP contribution in [0.2, 0.25) is 0 Å². The second kappa shape index (κ2) is 11.6. The molecule has 0 N–H and O–H groups in total. The summed E-state index contributed by atoms with van der Waals surface area (Å²) in [5.74, 6) is -0.588. The highest BCUT2D eigenvalue weighted by atomic mass is 16.7. The molecular weight excluding hydrogens is 284 g/mol. The predicted octanol–water partition coefficient (Wildman–Crippen LogP) is 6.36. The van der Waals surface area contributed by atoms with Crippen LogP contribution in [0.3, 0.4) is 0 Å². The average Bonchev–Trinajstić information content (AvgIpc) is 2.58. The Morgan fingerprint density at radius 2 is 1.22 bits per heavy atom.